The third-order valence-electron chi connectivity index (χ3n) is 2.52. The molecule has 0 aliphatic carbocycles. The van der Waals surface area contributed by atoms with E-state index >= 15 is 0 Å². The van der Waals surface area contributed by atoms with Crippen molar-refractivity contribution in [1.82, 2.24) is 0 Å². The molecule has 0 spiro atoms. The van der Waals surface area contributed by atoms with Crippen LogP contribution in [0.4, 0.5) is 0 Å². The predicted octanol–water partition coefficient (Wildman–Crippen LogP) is 3.32. The molecule has 0 saturated heterocycles. The van der Waals surface area contributed by atoms with Crippen LogP contribution in [-0.4, -0.2) is 13.7 Å². The second kappa shape index (κ2) is 8.20. The number of methoxy groups -OCH3 is 1. The maximum Gasteiger partial charge on any atom is 0.161 e. The number of hydrogen-bond donors (Lipinski definition) is 1. The normalized spacial score (nSPS) is 11.5. The Labute approximate surface area is 110 Å². The Kier molecular flexibility index (Phi) is 7.75. The smallest absolute Gasteiger partial charge is 0.161 e. The van der Waals surface area contributed by atoms with E-state index in [0.717, 1.165) is 29.9 Å². The van der Waals surface area contributed by atoms with Crippen molar-refractivity contribution in [2.75, 3.05) is 13.7 Å². The first kappa shape index (κ1) is 16.1. The van der Waals surface area contributed by atoms with Gasteiger partial charge in [-0.1, -0.05) is 19.4 Å². The van der Waals surface area contributed by atoms with Gasteiger partial charge in [-0.2, -0.15) is 0 Å². The quantitative estimate of drug-likeness (QED) is 0.852. The molecule has 0 fully saturated rings. The SMILES string of the molecule is CCC[C@H](N)c1ccc(OC)c(OCC)c1.Cl. The number of hydrogen-bond acceptors (Lipinski definition) is 3. The minimum Gasteiger partial charge on any atom is -0.493 e. The van der Waals surface area contributed by atoms with Gasteiger partial charge >= 0.3 is 0 Å². The molecule has 0 saturated carbocycles. The highest BCUT2D eigenvalue weighted by molar-refractivity contribution is 5.85. The van der Waals surface area contributed by atoms with Crippen LogP contribution in [0.3, 0.4) is 0 Å². The van der Waals surface area contributed by atoms with Crippen LogP contribution in [-0.2, 0) is 0 Å². The fraction of sp³-hybridized carbons (Fsp3) is 0.538. The van der Waals surface area contributed by atoms with Crippen LogP contribution in [0.25, 0.3) is 0 Å². The second-order valence-corrected chi connectivity index (χ2v) is 3.74. The van der Waals surface area contributed by atoms with Crippen molar-refractivity contribution in [2.45, 2.75) is 32.7 Å². The fourth-order valence-electron chi connectivity index (χ4n) is 1.67. The summed E-state index contributed by atoms with van der Waals surface area (Å²) in [6, 6.07) is 5.97. The van der Waals surface area contributed by atoms with Gasteiger partial charge in [0.2, 0.25) is 0 Å². The Hall–Kier alpha value is -0.930. The summed E-state index contributed by atoms with van der Waals surface area (Å²) in [5, 5.41) is 0. The molecule has 0 heterocycles. The summed E-state index contributed by atoms with van der Waals surface area (Å²) in [6.07, 6.45) is 2.06. The second-order valence-electron chi connectivity index (χ2n) is 3.74. The average molecular weight is 260 g/mol. The van der Waals surface area contributed by atoms with Crippen LogP contribution in [0, 0.1) is 0 Å². The van der Waals surface area contributed by atoms with Gasteiger partial charge in [-0.3, -0.25) is 0 Å². The molecule has 98 valence electrons. The van der Waals surface area contributed by atoms with Gasteiger partial charge < -0.3 is 15.2 Å². The van der Waals surface area contributed by atoms with Crippen LogP contribution in [0.5, 0.6) is 11.5 Å². The van der Waals surface area contributed by atoms with E-state index in [1.54, 1.807) is 7.11 Å². The van der Waals surface area contributed by atoms with Crippen molar-refractivity contribution in [3.05, 3.63) is 23.8 Å². The largest absolute Gasteiger partial charge is 0.493 e. The third-order valence-corrected chi connectivity index (χ3v) is 2.52. The Morgan fingerprint density at radius 2 is 1.94 bits per heavy atom. The van der Waals surface area contributed by atoms with Crippen molar-refractivity contribution in [3.8, 4) is 11.5 Å². The topological polar surface area (TPSA) is 44.5 Å². The Morgan fingerprint density at radius 3 is 2.47 bits per heavy atom. The maximum absolute atomic E-state index is 6.07. The van der Waals surface area contributed by atoms with Gasteiger partial charge in [0.1, 0.15) is 0 Å². The number of benzene rings is 1. The van der Waals surface area contributed by atoms with E-state index in [-0.39, 0.29) is 18.4 Å². The van der Waals surface area contributed by atoms with Crippen molar-refractivity contribution in [3.63, 3.8) is 0 Å². The lowest BCUT2D eigenvalue weighted by Gasteiger charge is -2.15. The molecule has 0 radical (unpaired) electrons. The lowest BCUT2D eigenvalue weighted by atomic mass is 10.0. The maximum atomic E-state index is 6.07. The summed E-state index contributed by atoms with van der Waals surface area (Å²) in [7, 11) is 1.64. The number of ether oxygens (including phenoxy) is 2. The lowest BCUT2D eigenvalue weighted by Crippen LogP contribution is -2.10. The number of rotatable bonds is 6. The van der Waals surface area contributed by atoms with Crippen molar-refractivity contribution < 1.29 is 9.47 Å². The van der Waals surface area contributed by atoms with Crippen LogP contribution < -0.4 is 15.2 Å². The Morgan fingerprint density at radius 1 is 1.24 bits per heavy atom. The zero-order valence-electron chi connectivity index (χ0n) is 10.7. The molecule has 0 aromatic heterocycles. The Bertz CT molecular complexity index is 331. The molecule has 4 heteroatoms. The van der Waals surface area contributed by atoms with Crippen LogP contribution in [0.2, 0.25) is 0 Å². The van der Waals surface area contributed by atoms with Crippen molar-refractivity contribution in [1.29, 1.82) is 0 Å². The summed E-state index contributed by atoms with van der Waals surface area (Å²) in [4.78, 5) is 0. The van der Waals surface area contributed by atoms with Crippen molar-refractivity contribution in [2.24, 2.45) is 5.73 Å². The van der Waals surface area contributed by atoms with E-state index in [1.807, 2.05) is 25.1 Å². The lowest BCUT2D eigenvalue weighted by molar-refractivity contribution is 0.310. The fourth-order valence-corrected chi connectivity index (χ4v) is 1.67. The molecule has 0 amide bonds. The van der Waals surface area contributed by atoms with E-state index < -0.39 is 0 Å². The molecular weight excluding hydrogens is 238 g/mol. The number of nitrogens with two attached hydrogens (primary N) is 1. The van der Waals surface area contributed by atoms with Gasteiger partial charge in [0, 0.05) is 6.04 Å². The summed E-state index contributed by atoms with van der Waals surface area (Å²) in [6.45, 7) is 4.72. The molecule has 0 unspecified atom stereocenters. The molecule has 17 heavy (non-hydrogen) atoms. The standard InChI is InChI=1S/C13H21NO2.ClH/c1-4-6-11(14)10-7-8-12(15-3)13(9-10)16-5-2;/h7-9,11H,4-6,14H2,1-3H3;1H/t11-;/m0./s1. The van der Waals surface area contributed by atoms with Crippen molar-refractivity contribution >= 4 is 12.4 Å². The highest BCUT2D eigenvalue weighted by Crippen LogP contribution is 2.30. The van der Waals surface area contributed by atoms with Gasteiger partial charge in [0.15, 0.2) is 11.5 Å². The molecule has 2 N–H and O–H groups in total. The molecule has 1 rings (SSSR count). The van der Waals surface area contributed by atoms with E-state index in [4.69, 9.17) is 15.2 Å². The highest BCUT2D eigenvalue weighted by atomic mass is 35.5. The third kappa shape index (κ3) is 4.44. The minimum atomic E-state index is 0. The van der Waals surface area contributed by atoms with Gasteiger partial charge in [0.25, 0.3) is 0 Å². The molecule has 0 aliphatic rings. The molecular formula is C13H22ClNO2. The molecule has 1 aromatic carbocycles. The first-order chi connectivity index (χ1) is 7.72. The summed E-state index contributed by atoms with van der Waals surface area (Å²) >= 11 is 0. The van der Waals surface area contributed by atoms with Crippen LogP contribution in [0.15, 0.2) is 18.2 Å². The molecule has 1 aromatic rings. The monoisotopic (exact) mass is 259 g/mol. The first-order valence-corrected chi connectivity index (χ1v) is 5.79. The van der Waals surface area contributed by atoms with Gasteiger partial charge in [-0.05, 0) is 31.0 Å². The molecule has 0 aliphatic heterocycles. The Balaban J connectivity index is 0.00000256. The molecule has 1 atom stereocenters. The van der Waals surface area contributed by atoms with Crippen LogP contribution >= 0.6 is 12.4 Å². The van der Waals surface area contributed by atoms with Gasteiger partial charge in [0.05, 0.1) is 13.7 Å². The zero-order valence-corrected chi connectivity index (χ0v) is 11.5. The van der Waals surface area contributed by atoms with E-state index in [0.29, 0.717) is 6.61 Å². The van der Waals surface area contributed by atoms with E-state index in [9.17, 15) is 0 Å². The van der Waals surface area contributed by atoms with E-state index in [2.05, 4.69) is 6.92 Å². The van der Waals surface area contributed by atoms with Crippen LogP contribution in [0.1, 0.15) is 38.3 Å². The summed E-state index contributed by atoms with van der Waals surface area (Å²) in [5.41, 5.74) is 7.17. The average Bonchev–Trinajstić information content (AvgIpc) is 2.29. The molecule has 0 bridgehead atoms. The summed E-state index contributed by atoms with van der Waals surface area (Å²) < 4.78 is 10.7. The number of halogens is 1. The highest BCUT2D eigenvalue weighted by Gasteiger charge is 2.09. The van der Waals surface area contributed by atoms with E-state index in [1.165, 1.54) is 0 Å². The predicted molar refractivity (Wildman–Crippen MR) is 73.2 cm³/mol. The minimum absolute atomic E-state index is 0. The zero-order chi connectivity index (χ0) is 12.0. The van der Waals surface area contributed by atoms with Gasteiger partial charge in [-0.15, -0.1) is 12.4 Å². The summed E-state index contributed by atoms with van der Waals surface area (Å²) in [5.74, 6) is 1.53. The molecule has 3 nitrogen and oxygen atoms in total. The van der Waals surface area contributed by atoms with Gasteiger partial charge in [-0.25, -0.2) is 0 Å². The first-order valence-electron chi connectivity index (χ1n) is 5.79.